The molecule has 1 aliphatic rings. The lowest BCUT2D eigenvalue weighted by atomic mass is 9.79. The van der Waals surface area contributed by atoms with Crippen LogP contribution in [0.4, 0.5) is 0 Å². The molecule has 1 heterocycles. The molecule has 0 radical (unpaired) electrons. The second-order valence-electron chi connectivity index (χ2n) is 6.09. The Kier molecular flexibility index (Phi) is 2.32. The number of hydrogen-bond donors (Lipinski definition) is 1. The van der Waals surface area contributed by atoms with E-state index in [4.69, 9.17) is 10.5 Å². The van der Waals surface area contributed by atoms with E-state index >= 15 is 0 Å². The Bertz CT molecular complexity index is 427. The molecule has 0 unspecified atom stereocenters. The van der Waals surface area contributed by atoms with Crippen molar-refractivity contribution >= 4 is 0 Å². The van der Waals surface area contributed by atoms with Crippen molar-refractivity contribution < 1.29 is 4.74 Å². The van der Waals surface area contributed by atoms with E-state index in [1.807, 2.05) is 0 Å². The average Bonchev–Trinajstić information content (AvgIpc) is 2.14. The van der Waals surface area contributed by atoms with Gasteiger partial charge in [-0.3, -0.25) is 0 Å². The second kappa shape index (κ2) is 3.24. The van der Waals surface area contributed by atoms with Crippen molar-refractivity contribution in [1.82, 2.24) is 0 Å². The number of ether oxygens (including phenoxy) is 1. The monoisotopic (exact) mass is 219 g/mol. The van der Waals surface area contributed by atoms with Crippen molar-refractivity contribution in [3.63, 3.8) is 0 Å². The van der Waals surface area contributed by atoms with Crippen LogP contribution in [-0.4, -0.2) is 0 Å². The zero-order valence-corrected chi connectivity index (χ0v) is 10.8. The third-order valence-electron chi connectivity index (χ3n) is 3.20. The first-order chi connectivity index (χ1) is 7.25. The zero-order valence-electron chi connectivity index (χ0n) is 10.8. The number of rotatable bonds is 1. The van der Waals surface area contributed by atoms with Gasteiger partial charge in [-0.15, -0.1) is 0 Å². The van der Waals surface area contributed by atoms with Crippen molar-refractivity contribution in [2.75, 3.05) is 0 Å². The Morgan fingerprint density at radius 3 is 2.31 bits per heavy atom. The minimum atomic E-state index is -0.152. The van der Waals surface area contributed by atoms with Gasteiger partial charge in [0.1, 0.15) is 11.4 Å². The molecule has 0 fully saturated rings. The lowest BCUT2D eigenvalue weighted by Crippen LogP contribution is -2.37. The third kappa shape index (κ3) is 1.61. The van der Waals surface area contributed by atoms with Gasteiger partial charge in [0, 0.05) is 17.7 Å². The molecule has 0 bridgehead atoms. The van der Waals surface area contributed by atoms with E-state index < -0.39 is 0 Å². The Labute approximate surface area is 97.8 Å². The van der Waals surface area contributed by atoms with Gasteiger partial charge in [-0.05, 0) is 30.9 Å². The normalized spacial score (nSPS) is 17.4. The predicted molar refractivity (Wildman–Crippen MR) is 66.7 cm³/mol. The molecule has 0 aromatic heterocycles. The van der Waals surface area contributed by atoms with Crippen LogP contribution in [0.15, 0.2) is 12.1 Å². The molecule has 0 aliphatic carbocycles. The van der Waals surface area contributed by atoms with Crippen LogP contribution in [0.1, 0.15) is 51.3 Å². The fourth-order valence-electron chi connectivity index (χ4n) is 2.18. The van der Waals surface area contributed by atoms with Gasteiger partial charge in [-0.2, -0.15) is 0 Å². The fraction of sp³-hybridized carbons (Fsp3) is 0.571. The van der Waals surface area contributed by atoms with Crippen LogP contribution < -0.4 is 10.5 Å². The summed E-state index contributed by atoms with van der Waals surface area (Å²) in [4.78, 5) is 0. The summed E-state index contributed by atoms with van der Waals surface area (Å²) >= 11 is 0. The average molecular weight is 219 g/mol. The molecule has 0 atom stereocenters. The molecule has 1 aromatic carbocycles. The third-order valence-corrected chi connectivity index (χ3v) is 3.20. The maximum absolute atomic E-state index is 5.89. The molecule has 0 saturated heterocycles. The van der Waals surface area contributed by atoms with Crippen molar-refractivity contribution in [1.29, 1.82) is 0 Å². The summed E-state index contributed by atoms with van der Waals surface area (Å²) in [6.45, 7) is 11.4. The van der Waals surface area contributed by atoms with Gasteiger partial charge >= 0.3 is 0 Å². The Hall–Kier alpha value is -1.02. The minimum absolute atomic E-state index is 0.103. The Morgan fingerprint density at radius 1 is 1.25 bits per heavy atom. The summed E-state index contributed by atoms with van der Waals surface area (Å²) in [7, 11) is 0. The van der Waals surface area contributed by atoms with Crippen LogP contribution in [0.2, 0.25) is 0 Å². The van der Waals surface area contributed by atoms with Gasteiger partial charge in [0.25, 0.3) is 0 Å². The summed E-state index contributed by atoms with van der Waals surface area (Å²) in [5.41, 5.74) is 9.46. The van der Waals surface area contributed by atoms with Crippen LogP contribution in [0, 0.1) is 0 Å². The Morgan fingerprint density at radius 2 is 1.88 bits per heavy atom. The van der Waals surface area contributed by atoms with E-state index in [9.17, 15) is 0 Å². The van der Waals surface area contributed by atoms with Gasteiger partial charge in [0.15, 0.2) is 0 Å². The molecule has 88 valence electrons. The van der Waals surface area contributed by atoms with E-state index in [2.05, 4.69) is 46.8 Å². The van der Waals surface area contributed by atoms with Crippen LogP contribution in [0.3, 0.4) is 0 Å². The molecule has 0 amide bonds. The molecule has 2 nitrogen and oxygen atoms in total. The first-order valence-corrected chi connectivity index (χ1v) is 5.82. The number of hydrogen-bond acceptors (Lipinski definition) is 2. The second-order valence-corrected chi connectivity index (χ2v) is 6.09. The van der Waals surface area contributed by atoms with Crippen molar-refractivity contribution in [2.24, 2.45) is 5.73 Å². The largest absolute Gasteiger partial charge is 0.482 e. The number of fused-ring (bicyclic) bond motifs is 1. The molecule has 2 N–H and O–H groups in total. The minimum Gasteiger partial charge on any atom is -0.482 e. The van der Waals surface area contributed by atoms with Gasteiger partial charge in [-0.1, -0.05) is 26.8 Å². The van der Waals surface area contributed by atoms with Gasteiger partial charge < -0.3 is 10.5 Å². The summed E-state index contributed by atoms with van der Waals surface area (Å²) in [6, 6.07) is 4.35. The highest BCUT2D eigenvalue weighted by Gasteiger charge is 2.40. The predicted octanol–water partition coefficient (Wildman–Crippen LogP) is 3.07. The Balaban J connectivity index is 2.60. The maximum atomic E-state index is 5.89. The molecule has 1 aromatic rings. The van der Waals surface area contributed by atoms with Crippen molar-refractivity contribution in [2.45, 2.75) is 52.2 Å². The number of benzene rings is 1. The summed E-state index contributed by atoms with van der Waals surface area (Å²) in [5.74, 6) is 1.06. The van der Waals surface area contributed by atoms with E-state index in [1.165, 1.54) is 16.7 Å². The molecule has 16 heavy (non-hydrogen) atoms. The maximum Gasteiger partial charge on any atom is 0.132 e. The van der Waals surface area contributed by atoms with Crippen LogP contribution >= 0.6 is 0 Å². The lowest BCUT2D eigenvalue weighted by Gasteiger charge is -2.42. The first kappa shape index (κ1) is 11.5. The van der Waals surface area contributed by atoms with Gasteiger partial charge in [0.2, 0.25) is 0 Å². The smallest absolute Gasteiger partial charge is 0.132 e. The van der Waals surface area contributed by atoms with Crippen LogP contribution in [0.5, 0.6) is 5.75 Å². The molecule has 2 heteroatoms. The molecule has 0 saturated carbocycles. The van der Waals surface area contributed by atoms with E-state index in [-0.39, 0.29) is 11.0 Å². The standard InChI is InChI=1S/C14H21NO/c1-13(2,3)10-6-9(8-15)7-11-12(10)16-14(11,4)5/h6-7H,8,15H2,1-5H3. The first-order valence-electron chi connectivity index (χ1n) is 5.82. The summed E-state index contributed by atoms with van der Waals surface area (Å²) < 4.78 is 5.89. The van der Waals surface area contributed by atoms with Gasteiger partial charge in [0.05, 0.1) is 0 Å². The van der Waals surface area contributed by atoms with E-state index in [0.717, 1.165) is 5.75 Å². The quantitative estimate of drug-likeness (QED) is 0.787. The van der Waals surface area contributed by atoms with Crippen LogP contribution in [-0.2, 0) is 17.6 Å². The van der Waals surface area contributed by atoms with Crippen molar-refractivity contribution in [3.05, 3.63) is 28.8 Å². The molecular weight excluding hydrogens is 198 g/mol. The highest BCUT2D eigenvalue weighted by atomic mass is 16.5. The number of nitrogens with two attached hydrogens (primary N) is 1. The lowest BCUT2D eigenvalue weighted by molar-refractivity contribution is 0.0483. The SMILES string of the molecule is CC(C)(C)c1cc(CN)cc2c1OC2(C)C. The van der Waals surface area contributed by atoms with Crippen molar-refractivity contribution in [3.8, 4) is 5.75 Å². The highest BCUT2D eigenvalue weighted by Crippen LogP contribution is 2.49. The fourth-order valence-corrected chi connectivity index (χ4v) is 2.18. The summed E-state index contributed by atoms with van der Waals surface area (Å²) in [5, 5.41) is 0. The topological polar surface area (TPSA) is 35.2 Å². The molecule has 0 spiro atoms. The molecule has 2 rings (SSSR count). The van der Waals surface area contributed by atoms with E-state index in [1.54, 1.807) is 0 Å². The summed E-state index contributed by atoms with van der Waals surface area (Å²) in [6.07, 6.45) is 0. The zero-order chi connectivity index (χ0) is 12.1. The molecule has 1 aliphatic heterocycles. The highest BCUT2D eigenvalue weighted by molar-refractivity contribution is 5.55. The van der Waals surface area contributed by atoms with E-state index in [0.29, 0.717) is 6.54 Å². The van der Waals surface area contributed by atoms with Gasteiger partial charge in [-0.25, -0.2) is 0 Å². The molecular formula is C14H21NO. The van der Waals surface area contributed by atoms with Crippen LogP contribution in [0.25, 0.3) is 0 Å².